The van der Waals surface area contributed by atoms with Crippen molar-refractivity contribution in [1.29, 1.82) is 0 Å². The zero-order valence-corrected chi connectivity index (χ0v) is 11.0. The van der Waals surface area contributed by atoms with E-state index >= 15 is 0 Å². The molecule has 1 fully saturated rings. The van der Waals surface area contributed by atoms with E-state index in [0.29, 0.717) is 12.0 Å². The Hall–Kier alpha value is -0.380. The van der Waals surface area contributed by atoms with Crippen LogP contribution in [0.3, 0.4) is 0 Å². The molecule has 1 heterocycles. The summed E-state index contributed by atoms with van der Waals surface area (Å²) >= 11 is 1.81. The molecule has 1 saturated carbocycles. The van der Waals surface area contributed by atoms with Crippen molar-refractivity contribution in [3.05, 3.63) is 22.4 Å². The molecule has 0 amide bonds. The predicted octanol–water partition coefficient (Wildman–Crippen LogP) is 3.32. The Labute approximate surface area is 102 Å². The summed E-state index contributed by atoms with van der Waals surface area (Å²) in [6.07, 6.45) is 3.98. The Kier molecular flexibility index (Phi) is 4.00. The summed E-state index contributed by atoms with van der Waals surface area (Å²) in [4.78, 5) is 1.38. The van der Waals surface area contributed by atoms with Crippen LogP contribution in [0.5, 0.6) is 0 Å². The second-order valence-corrected chi connectivity index (χ2v) is 6.32. The highest BCUT2D eigenvalue weighted by molar-refractivity contribution is 7.10. The summed E-state index contributed by atoms with van der Waals surface area (Å²) < 4.78 is 0. The van der Waals surface area contributed by atoms with Crippen LogP contribution in [0.2, 0.25) is 0 Å². The Morgan fingerprint density at radius 3 is 2.50 bits per heavy atom. The molecule has 3 N–H and O–H groups in total. The van der Waals surface area contributed by atoms with E-state index < -0.39 is 0 Å². The standard InChI is InChI=1S/C13H22N2S/c1-9-6-10(2)8-11(7-9)13(15-14)12-4-3-5-16-12/h3-5,9-11,13,15H,6-8,14H2,1-2H3. The van der Waals surface area contributed by atoms with E-state index in [1.54, 1.807) is 0 Å². The van der Waals surface area contributed by atoms with Crippen molar-refractivity contribution in [3.63, 3.8) is 0 Å². The zero-order chi connectivity index (χ0) is 11.5. The minimum absolute atomic E-state index is 0.352. The van der Waals surface area contributed by atoms with Crippen molar-refractivity contribution in [3.8, 4) is 0 Å². The van der Waals surface area contributed by atoms with Gasteiger partial charge in [0.1, 0.15) is 0 Å². The van der Waals surface area contributed by atoms with Crippen LogP contribution >= 0.6 is 11.3 Å². The lowest BCUT2D eigenvalue weighted by Crippen LogP contribution is -2.36. The van der Waals surface area contributed by atoms with Gasteiger partial charge >= 0.3 is 0 Å². The first-order valence-electron chi connectivity index (χ1n) is 6.20. The molecular formula is C13H22N2S. The lowest BCUT2D eigenvalue weighted by molar-refractivity contribution is 0.178. The molecule has 0 saturated heterocycles. The van der Waals surface area contributed by atoms with Crippen LogP contribution < -0.4 is 11.3 Å². The number of nitrogens with one attached hydrogen (secondary N) is 1. The number of hydrogen-bond donors (Lipinski definition) is 2. The Morgan fingerprint density at radius 2 is 2.00 bits per heavy atom. The average Bonchev–Trinajstić information content (AvgIpc) is 2.70. The van der Waals surface area contributed by atoms with Crippen LogP contribution in [0.15, 0.2) is 17.5 Å². The van der Waals surface area contributed by atoms with Gasteiger partial charge in [0.25, 0.3) is 0 Å². The van der Waals surface area contributed by atoms with Crippen molar-refractivity contribution in [2.45, 2.75) is 39.2 Å². The lowest BCUT2D eigenvalue weighted by Gasteiger charge is -2.35. The van der Waals surface area contributed by atoms with Gasteiger partial charge in [-0.25, -0.2) is 0 Å². The van der Waals surface area contributed by atoms with Gasteiger partial charge in [-0.3, -0.25) is 11.3 Å². The van der Waals surface area contributed by atoms with Gasteiger partial charge in [-0.15, -0.1) is 11.3 Å². The van der Waals surface area contributed by atoms with Gasteiger partial charge in [0, 0.05) is 4.88 Å². The van der Waals surface area contributed by atoms with Gasteiger partial charge in [0.05, 0.1) is 6.04 Å². The normalized spacial score (nSPS) is 32.6. The summed E-state index contributed by atoms with van der Waals surface area (Å²) in [5.74, 6) is 8.11. The maximum absolute atomic E-state index is 5.74. The van der Waals surface area contributed by atoms with Crippen LogP contribution in [0, 0.1) is 17.8 Å². The molecule has 3 heteroatoms. The second-order valence-electron chi connectivity index (χ2n) is 5.34. The lowest BCUT2D eigenvalue weighted by atomic mass is 9.73. The number of hydrogen-bond acceptors (Lipinski definition) is 3. The molecule has 3 unspecified atom stereocenters. The smallest absolute Gasteiger partial charge is 0.0581 e. The largest absolute Gasteiger partial charge is 0.271 e. The van der Waals surface area contributed by atoms with Gasteiger partial charge in [-0.2, -0.15) is 0 Å². The highest BCUT2D eigenvalue weighted by atomic mass is 32.1. The van der Waals surface area contributed by atoms with Gasteiger partial charge in [-0.05, 0) is 48.5 Å². The van der Waals surface area contributed by atoms with E-state index in [0.717, 1.165) is 11.8 Å². The van der Waals surface area contributed by atoms with E-state index in [9.17, 15) is 0 Å². The number of nitrogens with two attached hydrogens (primary N) is 1. The third kappa shape index (κ3) is 2.65. The monoisotopic (exact) mass is 238 g/mol. The minimum Gasteiger partial charge on any atom is -0.271 e. The third-order valence-electron chi connectivity index (χ3n) is 3.72. The molecule has 16 heavy (non-hydrogen) atoms. The van der Waals surface area contributed by atoms with Crippen LogP contribution in [-0.4, -0.2) is 0 Å². The predicted molar refractivity (Wildman–Crippen MR) is 70.1 cm³/mol. The maximum Gasteiger partial charge on any atom is 0.0581 e. The molecule has 1 aliphatic rings. The van der Waals surface area contributed by atoms with E-state index in [2.05, 4.69) is 36.8 Å². The van der Waals surface area contributed by atoms with Gasteiger partial charge in [-0.1, -0.05) is 19.9 Å². The second kappa shape index (κ2) is 5.30. The van der Waals surface area contributed by atoms with Crippen molar-refractivity contribution >= 4 is 11.3 Å². The summed E-state index contributed by atoms with van der Waals surface area (Å²) in [5, 5.41) is 2.13. The molecule has 0 bridgehead atoms. The van der Waals surface area contributed by atoms with Gasteiger partial charge in [0.2, 0.25) is 0 Å². The van der Waals surface area contributed by atoms with Crippen molar-refractivity contribution in [2.75, 3.05) is 0 Å². The topological polar surface area (TPSA) is 38.0 Å². The fourth-order valence-corrected chi connectivity index (χ4v) is 4.08. The molecular weight excluding hydrogens is 216 g/mol. The molecule has 2 rings (SSSR count). The van der Waals surface area contributed by atoms with Crippen LogP contribution in [0.1, 0.15) is 44.0 Å². The highest BCUT2D eigenvalue weighted by Crippen LogP contribution is 2.40. The Morgan fingerprint density at radius 1 is 1.31 bits per heavy atom. The molecule has 0 aliphatic heterocycles. The van der Waals surface area contributed by atoms with E-state index in [1.807, 2.05) is 11.3 Å². The number of hydrazine groups is 1. The molecule has 0 radical (unpaired) electrons. The molecule has 0 spiro atoms. The van der Waals surface area contributed by atoms with Crippen LogP contribution in [0.4, 0.5) is 0 Å². The summed E-state index contributed by atoms with van der Waals surface area (Å²) in [7, 11) is 0. The maximum atomic E-state index is 5.74. The molecule has 1 aromatic heterocycles. The van der Waals surface area contributed by atoms with Crippen molar-refractivity contribution in [1.82, 2.24) is 5.43 Å². The number of rotatable bonds is 3. The molecule has 1 aromatic rings. The van der Waals surface area contributed by atoms with Gasteiger partial charge in [0.15, 0.2) is 0 Å². The summed E-state index contributed by atoms with van der Waals surface area (Å²) in [6.45, 7) is 4.73. The first kappa shape index (κ1) is 12.1. The Bertz CT molecular complexity index is 300. The summed E-state index contributed by atoms with van der Waals surface area (Å²) in [5.41, 5.74) is 3.03. The van der Waals surface area contributed by atoms with Crippen molar-refractivity contribution < 1.29 is 0 Å². The fourth-order valence-electron chi connectivity index (χ4n) is 3.20. The quantitative estimate of drug-likeness (QED) is 0.626. The molecule has 1 aliphatic carbocycles. The van der Waals surface area contributed by atoms with E-state index in [4.69, 9.17) is 5.84 Å². The molecule has 3 atom stereocenters. The van der Waals surface area contributed by atoms with E-state index in [-0.39, 0.29) is 0 Å². The molecule has 0 aromatic carbocycles. The first-order valence-corrected chi connectivity index (χ1v) is 7.08. The fraction of sp³-hybridized carbons (Fsp3) is 0.692. The summed E-state index contributed by atoms with van der Waals surface area (Å²) in [6, 6.07) is 4.66. The molecule has 90 valence electrons. The van der Waals surface area contributed by atoms with Crippen molar-refractivity contribution in [2.24, 2.45) is 23.6 Å². The van der Waals surface area contributed by atoms with Gasteiger partial charge < -0.3 is 0 Å². The average molecular weight is 238 g/mol. The zero-order valence-electron chi connectivity index (χ0n) is 10.1. The Balaban J connectivity index is 2.09. The van der Waals surface area contributed by atoms with Crippen LogP contribution in [-0.2, 0) is 0 Å². The van der Waals surface area contributed by atoms with Crippen LogP contribution in [0.25, 0.3) is 0 Å². The molecule has 2 nitrogen and oxygen atoms in total. The highest BCUT2D eigenvalue weighted by Gasteiger charge is 2.30. The number of thiophene rings is 1. The van der Waals surface area contributed by atoms with E-state index in [1.165, 1.54) is 24.1 Å². The SMILES string of the molecule is CC1CC(C)CC(C(NN)c2cccs2)C1. The first-order chi connectivity index (χ1) is 7.70. The minimum atomic E-state index is 0.352. The third-order valence-corrected chi connectivity index (χ3v) is 4.67.